The van der Waals surface area contributed by atoms with Crippen molar-refractivity contribution in [1.82, 2.24) is 0 Å². The summed E-state index contributed by atoms with van der Waals surface area (Å²) in [4.78, 5) is 0. The Morgan fingerprint density at radius 3 is 2.60 bits per heavy atom. The smallest absolute Gasteiger partial charge is 0.114 e. The summed E-state index contributed by atoms with van der Waals surface area (Å²) in [6, 6.07) is 0. The Morgan fingerprint density at radius 1 is 2.00 bits per heavy atom. The summed E-state index contributed by atoms with van der Waals surface area (Å²) in [7, 11) is 0. The molecular weight excluding hydrogens is 84.1 g/mol. The van der Waals surface area contributed by atoms with E-state index in [0.29, 0.717) is 11.7 Å². The van der Waals surface area contributed by atoms with Gasteiger partial charge in [-0.2, -0.15) is 0 Å². The molecule has 0 spiro atoms. The van der Waals surface area contributed by atoms with Gasteiger partial charge in [-0.15, -0.1) is 6.42 Å². The molecule has 0 saturated heterocycles. The molecule has 1 nitrogen and oxygen atoms in total. The molecule has 0 N–H and O–H groups in total. The number of terminal acetylenes is 1. The van der Waals surface area contributed by atoms with E-state index in [9.17, 15) is 4.21 Å². The van der Waals surface area contributed by atoms with Crippen LogP contribution >= 0.6 is 0 Å². The van der Waals surface area contributed by atoms with Crippen LogP contribution in [0.15, 0.2) is 0 Å². The van der Waals surface area contributed by atoms with Crippen molar-refractivity contribution in [1.29, 1.82) is 0 Å². The molecule has 0 radical (unpaired) electrons. The molecule has 26 valence electrons. The van der Waals surface area contributed by atoms with E-state index in [2.05, 4.69) is 12.3 Å². The first-order valence-electron chi connectivity index (χ1n) is 1.10. The maximum absolute atomic E-state index is 9.30. The van der Waals surface area contributed by atoms with Crippen LogP contribution < -0.4 is 0 Å². The maximum atomic E-state index is 9.30. The second-order valence-electron chi connectivity index (χ2n) is 0.466. The van der Waals surface area contributed by atoms with Crippen molar-refractivity contribution in [3.05, 3.63) is 0 Å². The largest absolute Gasteiger partial charge is 0.472 e. The van der Waals surface area contributed by atoms with Crippen LogP contribution in [0.4, 0.5) is 0 Å². The molecule has 0 aromatic rings. The van der Waals surface area contributed by atoms with Crippen LogP contribution in [0.25, 0.3) is 0 Å². The molecule has 0 rings (SSSR count). The zero-order valence-corrected chi connectivity index (χ0v) is 3.42. The van der Waals surface area contributed by atoms with Gasteiger partial charge in [-0.1, -0.05) is 0 Å². The van der Waals surface area contributed by atoms with Gasteiger partial charge in [0.1, 0.15) is 0 Å². The van der Waals surface area contributed by atoms with Crippen LogP contribution in [0.5, 0.6) is 0 Å². The molecule has 2 heteroatoms. The summed E-state index contributed by atoms with van der Waals surface area (Å²) in [5.41, 5.74) is 0. The minimum atomic E-state index is 0.278. The van der Waals surface area contributed by atoms with Crippen molar-refractivity contribution < 1.29 is 4.21 Å². The standard InChI is InChI=1S/C3H3OS/c1-2-3-5-4/h1H,3H2/q+1. The summed E-state index contributed by atoms with van der Waals surface area (Å²) in [6.07, 6.45) is 4.67. The highest BCUT2D eigenvalue weighted by atomic mass is 32.1. The fourth-order valence-corrected chi connectivity index (χ4v) is 0.102. The third-order valence-corrected chi connectivity index (χ3v) is 0.427. The van der Waals surface area contributed by atoms with Gasteiger partial charge in [0.25, 0.3) is 5.75 Å². The van der Waals surface area contributed by atoms with E-state index in [1.54, 1.807) is 0 Å². The SMILES string of the molecule is C#CC[S+]=O. The number of hydrogen-bond donors (Lipinski definition) is 0. The minimum absolute atomic E-state index is 0.278. The van der Waals surface area contributed by atoms with Crippen molar-refractivity contribution in [2.45, 2.75) is 0 Å². The van der Waals surface area contributed by atoms with Crippen molar-refractivity contribution in [2.24, 2.45) is 0 Å². The normalized spacial score (nSPS) is 5.40. The van der Waals surface area contributed by atoms with Gasteiger partial charge in [0.05, 0.1) is 0 Å². The van der Waals surface area contributed by atoms with E-state index >= 15 is 0 Å². The van der Waals surface area contributed by atoms with Crippen LogP contribution in [0.3, 0.4) is 0 Å². The monoisotopic (exact) mass is 87.0 g/mol. The van der Waals surface area contributed by atoms with Crippen LogP contribution in [-0.2, 0) is 15.9 Å². The van der Waals surface area contributed by atoms with Crippen molar-refractivity contribution in [3.63, 3.8) is 0 Å². The van der Waals surface area contributed by atoms with Crippen LogP contribution in [0.1, 0.15) is 0 Å². The Hall–Kier alpha value is -0.420. The van der Waals surface area contributed by atoms with Gasteiger partial charge in [0.2, 0.25) is 0 Å². The van der Waals surface area contributed by atoms with Gasteiger partial charge in [0, 0.05) is 4.21 Å². The molecule has 5 heavy (non-hydrogen) atoms. The van der Waals surface area contributed by atoms with Gasteiger partial charge < -0.3 is 0 Å². The zero-order valence-electron chi connectivity index (χ0n) is 2.60. The third kappa shape index (κ3) is 3.58. The Bertz CT molecular complexity index is 61.8. The first-order valence-corrected chi connectivity index (χ1v) is 2.01. The van der Waals surface area contributed by atoms with Gasteiger partial charge in [0.15, 0.2) is 0 Å². The third-order valence-electron chi connectivity index (χ3n) is 0.142. The fourth-order valence-electron chi connectivity index (χ4n) is 0.0340. The Labute approximate surface area is 34.9 Å². The summed E-state index contributed by atoms with van der Waals surface area (Å²) in [5, 5.41) is 0. The topological polar surface area (TPSA) is 17.1 Å². The molecule has 0 aliphatic rings. The van der Waals surface area contributed by atoms with Gasteiger partial charge >= 0.3 is 11.7 Å². The molecule has 0 aromatic carbocycles. The molecule has 0 amide bonds. The lowest BCUT2D eigenvalue weighted by molar-refractivity contribution is 0.606. The molecule has 0 atom stereocenters. The van der Waals surface area contributed by atoms with E-state index in [-0.39, 0.29) is 5.75 Å². The molecule has 0 heterocycles. The average molecular weight is 87.1 g/mol. The predicted molar refractivity (Wildman–Crippen MR) is 21.8 cm³/mol. The molecule has 0 bridgehead atoms. The van der Waals surface area contributed by atoms with E-state index < -0.39 is 0 Å². The van der Waals surface area contributed by atoms with Crippen molar-refractivity contribution in [3.8, 4) is 12.3 Å². The summed E-state index contributed by atoms with van der Waals surface area (Å²) >= 11 is 0.416. The molecule has 0 fully saturated rings. The van der Waals surface area contributed by atoms with Crippen molar-refractivity contribution >= 4 is 11.7 Å². The molecule has 0 aliphatic heterocycles. The molecule has 0 aromatic heterocycles. The maximum Gasteiger partial charge on any atom is 0.472 e. The van der Waals surface area contributed by atoms with Crippen LogP contribution in [0.2, 0.25) is 0 Å². The lowest BCUT2D eigenvalue weighted by Crippen LogP contribution is -1.65. The van der Waals surface area contributed by atoms with Crippen molar-refractivity contribution in [2.75, 3.05) is 5.75 Å². The second-order valence-corrected chi connectivity index (χ2v) is 0.991. The highest BCUT2D eigenvalue weighted by Gasteiger charge is 1.82. The second kappa shape index (κ2) is 3.58. The fraction of sp³-hybridized carbons (Fsp3) is 0.333. The van der Waals surface area contributed by atoms with E-state index in [1.807, 2.05) is 0 Å². The first-order chi connectivity index (χ1) is 2.41. The number of rotatable bonds is 1. The van der Waals surface area contributed by atoms with E-state index in [0.717, 1.165) is 0 Å². The Balaban J connectivity index is 2.75. The summed E-state index contributed by atoms with van der Waals surface area (Å²) < 4.78 is 9.30. The first kappa shape index (κ1) is 4.58. The van der Waals surface area contributed by atoms with Gasteiger partial charge in [-0.05, 0) is 5.92 Å². The Morgan fingerprint density at radius 2 is 2.60 bits per heavy atom. The highest BCUT2D eigenvalue weighted by Crippen LogP contribution is 1.47. The predicted octanol–water partition coefficient (Wildman–Crippen LogP) is 0.0477. The molecule has 0 saturated carbocycles. The van der Waals surface area contributed by atoms with Crippen LogP contribution in [-0.4, -0.2) is 5.75 Å². The highest BCUT2D eigenvalue weighted by molar-refractivity contribution is 7.65. The lowest BCUT2D eigenvalue weighted by atomic mass is 10.8. The van der Waals surface area contributed by atoms with Crippen LogP contribution in [0, 0.1) is 12.3 Å². The quantitative estimate of drug-likeness (QED) is 0.326. The zero-order chi connectivity index (χ0) is 4.12. The average Bonchev–Trinajstić information content (AvgIpc) is 1.41. The van der Waals surface area contributed by atoms with E-state index in [1.165, 1.54) is 0 Å². The summed E-state index contributed by atoms with van der Waals surface area (Å²) in [6.45, 7) is 0. The molecule has 0 aliphatic carbocycles. The Kier molecular flexibility index (Phi) is 3.28. The van der Waals surface area contributed by atoms with Gasteiger partial charge in [-0.25, -0.2) is 0 Å². The number of hydrogen-bond acceptors (Lipinski definition) is 1. The summed E-state index contributed by atoms with van der Waals surface area (Å²) in [5.74, 6) is 2.45. The van der Waals surface area contributed by atoms with Gasteiger partial charge in [-0.3, -0.25) is 0 Å². The lowest BCUT2D eigenvalue weighted by Gasteiger charge is -1.35. The van der Waals surface area contributed by atoms with E-state index in [4.69, 9.17) is 0 Å². The molecule has 0 unspecified atom stereocenters. The molecular formula is C3H3OS+. The minimum Gasteiger partial charge on any atom is -0.114 e.